The summed E-state index contributed by atoms with van der Waals surface area (Å²) in [7, 11) is -4.71. The maximum Gasteiger partial charge on any atom is 1.00 e. The summed E-state index contributed by atoms with van der Waals surface area (Å²) in [6.45, 7) is 3.54. The molecule has 4 nitrogen and oxygen atoms in total. The molecule has 0 saturated carbocycles. The fourth-order valence-corrected chi connectivity index (χ4v) is 2.04. The third-order valence-corrected chi connectivity index (χ3v) is 2.72. The molecule has 90 valence electrons. The Hall–Kier alpha value is 0.380. The van der Waals surface area contributed by atoms with E-state index in [1.54, 1.807) is 38.1 Å². The van der Waals surface area contributed by atoms with Crippen LogP contribution in [0.15, 0.2) is 24.3 Å². The van der Waals surface area contributed by atoms with Crippen LogP contribution >= 0.6 is 11.6 Å². The second-order valence-electron chi connectivity index (χ2n) is 3.72. The van der Waals surface area contributed by atoms with Crippen molar-refractivity contribution in [2.75, 3.05) is 0 Å². The fraction of sp³-hybridized carbons (Fsp3) is 0.400. The Balaban J connectivity index is 0.00000256. The van der Waals surface area contributed by atoms with Gasteiger partial charge in [-0.3, -0.25) is 4.18 Å². The molecule has 1 rings (SSSR count). The molecule has 1 aromatic carbocycles. The number of halogens is 1. The maximum atomic E-state index is 10.6. The molecular weight excluding hydrogens is 275 g/mol. The molecular formula is C10H12ClNaO4S. The predicted octanol–water partition coefficient (Wildman–Crippen LogP) is -0.482. The van der Waals surface area contributed by atoms with Crippen molar-refractivity contribution in [1.82, 2.24) is 0 Å². The molecule has 17 heavy (non-hydrogen) atoms. The number of rotatable bonds is 4. The molecule has 0 N–H and O–H groups in total. The first-order valence-electron chi connectivity index (χ1n) is 4.69. The monoisotopic (exact) mass is 286 g/mol. The van der Waals surface area contributed by atoms with Gasteiger partial charge >= 0.3 is 29.6 Å². The minimum absolute atomic E-state index is 0. The Bertz CT molecular complexity index is 444. The van der Waals surface area contributed by atoms with Gasteiger partial charge in [0.1, 0.15) is 6.10 Å². The van der Waals surface area contributed by atoms with Crippen molar-refractivity contribution in [3.05, 3.63) is 34.9 Å². The minimum atomic E-state index is -4.71. The Morgan fingerprint density at radius 3 is 2.06 bits per heavy atom. The Morgan fingerprint density at radius 2 is 1.71 bits per heavy atom. The van der Waals surface area contributed by atoms with E-state index in [0.29, 0.717) is 10.6 Å². The molecule has 0 radical (unpaired) electrons. The first kappa shape index (κ1) is 17.4. The van der Waals surface area contributed by atoms with E-state index in [4.69, 9.17) is 11.6 Å². The van der Waals surface area contributed by atoms with Crippen LogP contribution in [0.4, 0.5) is 0 Å². The molecule has 0 amide bonds. The van der Waals surface area contributed by atoms with E-state index in [1.165, 1.54) is 0 Å². The number of benzene rings is 1. The molecule has 7 heteroatoms. The maximum absolute atomic E-state index is 10.6. The Morgan fingerprint density at radius 1 is 1.24 bits per heavy atom. The van der Waals surface area contributed by atoms with E-state index in [2.05, 4.69) is 4.18 Å². The van der Waals surface area contributed by atoms with Gasteiger partial charge in [-0.25, -0.2) is 8.42 Å². The van der Waals surface area contributed by atoms with E-state index in [-0.39, 0.29) is 35.5 Å². The van der Waals surface area contributed by atoms with Crippen LogP contribution in [0.2, 0.25) is 5.02 Å². The first-order valence-corrected chi connectivity index (χ1v) is 6.40. The van der Waals surface area contributed by atoms with Gasteiger partial charge in [0.05, 0.1) is 0 Å². The van der Waals surface area contributed by atoms with Crippen LogP contribution in [0.5, 0.6) is 0 Å². The molecule has 0 aliphatic rings. The van der Waals surface area contributed by atoms with E-state index in [0.717, 1.165) is 0 Å². The van der Waals surface area contributed by atoms with Crippen molar-refractivity contribution in [2.24, 2.45) is 5.92 Å². The summed E-state index contributed by atoms with van der Waals surface area (Å²) in [5.41, 5.74) is 0.610. The van der Waals surface area contributed by atoms with Crippen LogP contribution in [0, 0.1) is 5.92 Å². The predicted molar refractivity (Wildman–Crippen MR) is 59.8 cm³/mol. The average Bonchev–Trinajstić information content (AvgIpc) is 2.14. The smallest absolute Gasteiger partial charge is 0.726 e. The summed E-state index contributed by atoms with van der Waals surface area (Å²) in [6.07, 6.45) is -0.778. The molecule has 0 aromatic heterocycles. The topological polar surface area (TPSA) is 66.4 Å². The molecule has 0 heterocycles. The zero-order chi connectivity index (χ0) is 12.3. The van der Waals surface area contributed by atoms with Crippen molar-refractivity contribution >= 4 is 22.0 Å². The zero-order valence-electron chi connectivity index (χ0n) is 9.88. The fourth-order valence-electron chi connectivity index (χ4n) is 1.33. The molecule has 1 atom stereocenters. The van der Waals surface area contributed by atoms with Crippen molar-refractivity contribution < 1.29 is 46.7 Å². The van der Waals surface area contributed by atoms with Gasteiger partial charge in [-0.05, 0) is 23.6 Å². The van der Waals surface area contributed by atoms with Crippen LogP contribution in [0.3, 0.4) is 0 Å². The van der Waals surface area contributed by atoms with Crippen LogP contribution in [0.25, 0.3) is 0 Å². The van der Waals surface area contributed by atoms with Gasteiger partial charge in [0, 0.05) is 5.02 Å². The quantitative estimate of drug-likeness (QED) is 0.426. The molecule has 0 bridgehead atoms. The van der Waals surface area contributed by atoms with Crippen LogP contribution < -0.4 is 29.6 Å². The Labute approximate surface area is 129 Å². The molecule has 0 spiro atoms. The van der Waals surface area contributed by atoms with Crippen LogP contribution in [-0.4, -0.2) is 13.0 Å². The van der Waals surface area contributed by atoms with E-state index < -0.39 is 16.5 Å². The average molecular weight is 287 g/mol. The second kappa shape index (κ2) is 7.09. The molecule has 0 aliphatic heterocycles. The first-order chi connectivity index (χ1) is 7.29. The number of hydrogen-bond donors (Lipinski definition) is 0. The summed E-state index contributed by atoms with van der Waals surface area (Å²) < 4.78 is 36.2. The summed E-state index contributed by atoms with van der Waals surface area (Å²) >= 11 is 5.71. The SMILES string of the molecule is CC(C)C(OS(=O)(=O)[O-])c1ccc(Cl)cc1.[Na+]. The summed E-state index contributed by atoms with van der Waals surface area (Å²) in [5, 5.41) is 0.538. The second-order valence-corrected chi connectivity index (χ2v) is 5.17. The largest absolute Gasteiger partial charge is 1.00 e. The van der Waals surface area contributed by atoms with Crippen molar-refractivity contribution in [3.63, 3.8) is 0 Å². The van der Waals surface area contributed by atoms with Gasteiger partial charge in [-0.15, -0.1) is 0 Å². The van der Waals surface area contributed by atoms with E-state index >= 15 is 0 Å². The third-order valence-electron chi connectivity index (χ3n) is 2.03. The molecule has 0 saturated heterocycles. The van der Waals surface area contributed by atoms with Gasteiger partial charge in [0.15, 0.2) is 0 Å². The molecule has 0 fully saturated rings. The third kappa shape index (κ3) is 6.20. The minimum Gasteiger partial charge on any atom is -0.726 e. The van der Waals surface area contributed by atoms with Crippen molar-refractivity contribution in [3.8, 4) is 0 Å². The molecule has 1 aromatic rings. The molecule has 1 unspecified atom stereocenters. The van der Waals surface area contributed by atoms with Gasteiger partial charge < -0.3 is 4.55 Å². The van der Waals surface area contributed by atoms with Crippen molar-refractivity contribution in [2.45, 2.75) is 20.0 Å². The normalized spacial score (nSPS) is 13.2. The van der Waals surface area contributed by atoms with Gasteiger partial charge in [-0.2, -0.15) is 0 Å². The molecule has 0 aliphatic carbocycles. The summed E-state index contributed by atoms with van der Waals surface area (Å²) in [4.78, 5) is 0. The van der Waals surface area contributed by atoms with E-state index in [1.807, 2.05) is 0 Å². The van der Waals surface area contributed by atoms with Gasteiger partial charge in [0.25, 0.3) is 0 Å². The van der Waals surface area contributed by atoms with E-state index in [9.17, 15) is 13.0 Å². The van der Waals surface area contributed by atoms with Crippen LogP contribution in [-0.2, 0) is 14.6 Å². The summed E-state index contributed by atoms with van der Waals surface area (Å²) in [5.74, 6) is -0.134. The van der Waals surface area contributed by atoms with Crippen molar-refractivity contribution in [1.29, 1.82) is 0 Å². The van der Waals surface area contributed by atoms with Crippen LogP contribution in [0.1, 0.15) is 25.5 Å². The summed E-state index contributed by atoms with van der Waals surface area (Å²) in [6, 6.07) is 6.51. The van der Waals surface area contributed by atoms with Gasteiger partial charge in [0.2, 0.25) is 10.4 Å². The Kier molecular flexibility index (Phi) is 7.25. The number of hydrogen-bond acceptors (Lipinski definition) is 4. The zero-order valence-corrected chi connectivity index (χ0v) is 13.5. The van der Waals surface area contributed by atoms with Gasteiger partial charge in [-0.1, -0.05) is 37.6 Å². The standard InChI is InChI=1S/C10H13ClO4S.Na/c1-7(2)10(15-16(12,13)14)8-3-5-9(11)6-4-8;/h3-7,10H,1-2H3,(H,12,13,14);/q;+1/p-1.